The van der Waals surface area contributed by atoms with Gasteiger partial charge in [-0.1, -0.05) is 0 Å². The first-order chi connectivity index (χ1) is 23.4. The summed E-state index contributed by atoms with van der Waals surface area (Å²) in [5.41, 5.74) is 0. The SMILES string of the molecule is CP(CCO[P+](=O)OCCP(C)(c1ccccc1)(c1ccccc1)c1ccccc1)(c1ccccc1)(c1ccccc1)c1ccccc1. The van der Waals surface area contributed by atoms with E-state index in [0.29, 0.717) is 25.5 Å². The first-order valence-electron chi connectivity index (χ1n) is 16.5. The second-order valence-electron chi connectivity index (χ2n) is 12.9. The quantitative estimate of drug-likeness (QED) is 0.109. The molecule has 6 heteroatoms. The van der Waals surface area contributed by atoms with Crippen LogP contribution >= 0.6 is 21.5 Å². The summed E-state index contributed by atoms with van der Waals surface area (Å²) >= 11 is 0. The molecule has 0 saturated carbocycles. The zero-order valence-electron chi connectivity index (χ0n) is 27.7. The van der Waals surface area contributed by atoms with Crippen molar-refractivity contribution < 1.29 is 13.6 Å². The van der Waals surface area contributed by atoms with Gasteiger partial charge in [-0.3, -0.25) is 0 Å². The molecule has 0 amide bonds. The van der Waals surface area contributed by atoms with E-state index < -0.39 is 21.5 Å². The molecule has 0 unspecified atom stereocenters. The Morgan fingerprint density at radius 3 is 0.750 bits per heavy atom. The third-order valence-electron chi connectivity index (χ3n) is 10.4. The second-order valence-corrected chi connectivity index (χ2v) is 25.1. The monoisotopic (exact) mass is 689 g/mol. The summed E-state index contributed by atoms with van der Waals surface area (Å²) in [6.45, 7) is -0.628. The summed E-state index contributed by atoms with van der Waals surface area (Å²) in [6, 6.07) is 64.5. The minimum atomic E-state index is -3.02. The molecule has 6 aromatic rings. The summed E-state index contributed by atoms with van der Waals surface area (Å²) in [5, 5.41) is 7.65. The van der Waals surface area contributed by atoms with Crippen LogP contribution in [0.3, 0.4) is 0 Å². The predicted octanol–water partition coefficient (Wildman–Crippen LogP) is 8.00. The molecule has 0 heterocycles. The van der Waals surface area contributed by atoms with Crippen LogP contribution in [0.25, 0.3) is 0 Å². The molecule has 6 rings (SSSR count). The molecular weight excluding hydrogens is 645 g/mol. The van der Waals surface area contributed by atoms with Crippen LogP contribution in [-0.4, -0.2) is 38.9 Å². The Balaban J connectivity index is 1.28. The molecule has 0 aliphatic rings. The fraction of sp³-hybridized carbons (Fsp3) is 0.143. The van der Waals surface area contributed by atoms with Crippen LogP contribution in [0.4, 0.5) is 0 Å². The van der Waals surface area contributed by atoms with Gasteiger partial charge in [-0.2, -0.15) is 0 Å². The van der Waals surface area contributed by atoms with Crippen molar-refractivity contribution in [2.45, 2.75) is 0 Å². The third-order valence-corrected chi connectivity index (χ3v) is 24.0. The van der Waals surface area contributed by atoms with Crippen LogP contribution < -0.4 is 31.8 Å². The average Bonchev–Trinajstić information content (AvgIpc) is 3.17. The molecule has 0 N–H and O–H groups in total. The van der Waals surface area contributed by atoms with Gasteiger partial charge in [0.2, 0.25) is 0 Å². The molecule has 0 bridgehead atoms. The van der Waals surface area contributed by atoms with Crippen molar-refractivity contribution in [3.63, 3.8) is 0 Å². The van der Waals surface area contributed by atoms with E-state index in [4.69, 9.17) is 9.05 Å². The van der Waals surface area contributed by atoms with Gasteiger partial charge >= 0.3 is 288 Å². The Labute approximate surface area is 286 Å². The summed E-state index contributed by atoms with van der Waals surface area (Å²) in [5.74, 6) is 0. The Morgan fingerprint density at radius 2 is 0.562 bits per heavy atom. The number of rotatable bonds is 14. The average molecular weight is 690 g/mol. The van der Waals surface area contributed by atoms with Gasteiger partial charge in [-0.25, -0.2) is 0 Å². The molecular formula is C42H44O3P3+. The van der Waals surface area contributed by atoms with Crippen molar-refractivity contribution >= 4 is 53.3 Å². The molecule has 0 aromatic heterocycles. The van der Waals surface area contributed by atoms with E-state index in [0.717, 1.165) is 0 Å². The molecule has 6 aromatic carbocycles. The Kier molecular flexibility index (Phi) is 10.2. The first-order valence-corrected chi connectivity index (χ1v) is 23.3. The van der Waals surface area contributed by atoms with Crippen molar-refractivity contribution in [3.8, 4) is 0 Å². The topological polar surface area (TPSA) is 35.5 Å². The van der Waals surface area contributed by atoms with Gasteiger partial charge in [0.1, 0.15) is 0 Å². The fourth-order valence-corrected chi connectivity index (χ4v) is 18.5. The van der Waals surface area contributed by atoms with Gasteiger partial charge in [0.05, 0.1) is 0 Å². The van der Waals surface area contributed by atoms with Crippen LogP contribution in [0.15, 0.2) is 182 Å². The number of hydrogen-bond acceptors (Lipinski definition) is 3. The molecule has 0 atom stereocenters. The van der Waals surface area contributed by atoms with E-state index in [2.05, 4.69) is 195 Å². The van der Waals surface area contributed by atoms with Crippen molar-refractivity contribution in [2.75, 3.05) is 38.9 Å². The van der Waals surface area contributed by atoms with Gasteiger partial charge in [-0.05, 0) is 0 Å². The molecule has 0 radical (unpaired) electrons. The van der Waals surface area contributed by atoms with Crippen molar-refractivity contribution in [1.82, 2.24) is 0 Å². The van der Waals surface area contributed by atoms with E-state index in [1.165, 1.54) is 31.8 Å². The van der Waals surface area contributed by atoms with Crippen molar-refractivity contribution in [2.24, 2.45) is 0 Å². The van der Waals surface area contributed by atoms with Crippen LogP contribution in [0.5, 0.6) is 0 Å². The van der Waals surface area contributed by atoms with Gasteiger partial charge in [0, 0.05) is 0 Å². The maximum absolute atomic E-state index is 13.6. The van der Waals surface area contributed by atoms with Gasteiger partial charge in [-0.15, -0.1) is 0 Å². The first kappa shape index (κ1) is 34.1. The predicted molar refractivity (Wildman–Crippen MR) is 211 cm³/mol. The van der Waals surface area contributed by atoms with Crippen molar-refractivity contribution in [3.05, 3.63) is 182 Å². The Hall–Kier alpha value is -3.80. The molecule has 0 fully saturated rings. The molecule has 244 valence electrons. The normalized spacial score (nSPS) is 13.8. The van der Waals surface area contributed by atoms with Gasteiger partial charge in [0.15, 0.2) is 0 Å². The zero-order valence-corrected chi connectivity index (χ0v) is 30.4. The third kappa shape index (κ3) is 6.12. The van der Waals surface area contributed by atoms with E-state index in [9.17, 15) is 4.57 Å². The molecule has 0 spiro atoms. The Morgan fingerprint density at radius 1 is 0.375 bits per heavy atom. The molecule has 0 aliphatic carbocycles. The molecule has 0 saturated heterocycles. The van der Waals surface area contributed by atoms with Gasteiger partial charge < -0.3 is 0 Å². The van der Waals surface area contributed by atoms with E-state index in [1.807, 2.05) is 0 Å². The van der Waals surface area contributed by atoms with E-state index in [1.54, 1.807) is 0 Å². The van der Waals surface area contributed by atoms with Crippen LogP contribution in [0.1, 0.15) is 0 Å². The van der Waals surface area contributed by atoms with E-state index in [-0.39, 0.29) is 0 Å². The van der Waals surface area contributed by atoms with Crippen molar-refractivity contribution in [1.29, 1.82) is 0 Å². The minimum absolute atomic E-state index is 0.300. The summed E-state index contributed by atoms with van der Waals surface area (Å²) in [7, 11) is -2.35. The fourth-order valence-electron chi connectivity index (χ4n) is 7.38. The summed E-state index contributed by atoms with van der Waals surface area (Å²) in [6.07, 6.45) is 1.39. The van der Waals surface area contributed by atoms with Crippen LogP contribution in [0, 0.1) is 0 Å². The summed E-state index contributed by atoms with van der Waals surface area (Å²) < 4.78 is 25.8. The maximum atomic E-state index is 13.6. The molecule has 48 heavy (non-hydrogen) atoms. The van der Waals surface area contributed by atoms with E-state index >= 15 is 0 Å². The summed E-state index contributed by atoms with van der Waals surface area (Å²) in [4.78, 5) is 0. The Bertz CT molecular complexity index is 1580. The second kappa shape index (κ2) is 14.4. The van der Waals surface area contributed by atoms with Gasteiger partial charge in [0.25, 0.3) is 0 Å². The standard InChI is InChI=1S/C42H44O3P3/c1-47(37-21-9-3-10-22-37,38-23-11-4-12-24-38,39-25-13-5-14-26-39)35-33-44-46(43)45-34-36-48(2,40-27-15-6-16-28-40,41-29-17-7-18-30-41)42-31-19-8-20-32-42/h3-32H,33-36H2,1-2H3/q+1. The van der Waals surface area contributed by atoms with Crippen LogP contribution in [0.2, 0.25) is 0 Å². The molecule has 3 nitrogen and oxygen atoms in total. The zero-order chi connectivity index (χ0) is 33.4. The van der Waals surface area contributed by atoms with Crippen LogP contribution in [-0.2, 0) is 13.6 Å². The number of benzene rings is 6. The molecule has 0 aliphatic heterocycles. The number of hydrogen-bond donors (Lipinski definition) is 0.